The molecule has 5 heteroatoms. The Labute approximate surface area is 179 Å². The third-order valence-corrected chi connectivity index (χ3v) is 5.70. The van der Waals surface area contributed by atoms with Gasteiger partial charge in [0.15, 0.2) is 0 Å². The number of ether oxygens (including phenoxy) is 1. The molecule has 0 bridgehead atoms. The molecular formula is C25H19ClFNO2. The minimum atomic E-state index is -0.535. The monoisotopic (exact) mass is 419 g/mol. The van der Waals surface area contributed by atoms with Gasteiger partial charge in [-0.15, -0.1) is 0 Å². The summed E-state index contributed by atoms with van der Waals surface area (Å²) in [6.45, 7) is 1.94. The van der Waals surface area contributed by atoms with Crippen LogP contribution in [0.1, 0.15) is 28.2 Å². The summed E-state index contributed by atoms with van der Waals surface area (Å²) in [4.78, 5) is 12.1. The Hall–Kier alpha value is -3.29. The van der Waals surface area contributed by atoms with E-state index in [2.05, 4.69) is 41.4 Å². The Morgan fingerprint density at radius 1 is 1.07 bits per heavy atom. The number of amides is 1. The first kappa shape index (κ1) is 20.0. The first-order valence-corrected chi connectivity index (χ1v) is 9.96. The van der Waals surface area contributed by atoms with Crippen molar-refractivity contribution in [1.82, 2.24) is 5.32 Å². The predicted molar refractivity (Wildman–Crippen MR) is 116 cm³/mol. The van der Waals surface area contributed by atoms with E-state index in [-0.39, 0.29) is 29.9 Å². The largest absolute Gasteiger partial charge is 0.449 e. The summed E-state index contributed by atoms with van der Waals surface area (Å²) < 4.78 is 18.9. The number of hydrogen-bond acceptors (Lipinski definition) is 2. The van der Waals surface area contributed by atoms with E-state index < -0.39 is 6.09 Å². The van der Waals surface area contributed by atoms with Gasteiger partial charge in [-0.1, -0.05) is 72.0 Å². The second-order valence-electron chi connectivity index (χ2n) is 7.01. The van der Waals surface area contributed by atoms with Gasteiger partial charge in [0, 0.05) is 17.0 Å². The van der Waals surface area contributed by atoms with E-state index in [0.29, 0.717) is 11.1 Å². The van der Waals surface area contributed by atoms with Crippen LogP contribution in [0.25, 0.3) is 11.1 Å². The Morgan fingerprint density at radius 2 is 1.70 bits per heavy atom. The van der Waals surface area contributed by atoms with Crippen LogP contribution in [-0.2, 0) is 4.74 Å². The standard InChI is InChI=1S/C25H19ClFNO2/c1-16-23(27)13-12-17(24(16)26)7-6-14-28-25(29)30-15-22-20-10-4-2-8-18(20)19-9-3-5-11-21(19)22/h2-5,8-13,22H,14-15H2,1H3,(H,28,29). The lowest BCUT2D eigenvalue weighted by Crippen LogP contribution is -2.26. The third-order valence-electron chi connectivity index (χ3n) is 5.21. The Balaban J connectivity index is 1.36. The van der Waals surface area contributed by atoms with Crippen LogP contribution < -0.4 is 5.32 Å². The number of fused-ring (bicyclic) bond motifs is 3. The molecule has 1 aliphatic rings. The van der Waals surface area contributed by atoms with Gasteiger partial charge in [0.2, 0.25) is 0 Å². The normalized spacial score (nSPS) is 11.8. The fourth-order valence-corrected chi connectivity index (χ4v) is 3.86. The molecule has 0 saturated carbocycles. The van der Waals surface area contributed by atoms with E-state index in [4.69, 9.17) is 16.3 Å². The minimum Gasteiger partial charge on any atom is -0.449 e. The molecule has 0 heterocycles. The molecule has 1 aliphatic carbocycles. The van der Waals surface area contributed by atoms with E-state index in [1.165, 1.54) is 23.3 Å². The molecule has 0 spiro atoms. The molecule has 0 aliphatic heterocycles. The maximum atomic E-state index is 13.4. The summed E-state index contributed by atoms with van der Waals surface area (Å²) >= 11 is 6.09. The minimum absolute atomic E-state index is 0.00947. The van der Waals surface area contributed by atoms with Gasteiger partial charge < -0.3 is 10.1 Å². The fraction of sp³-hybridized carbons (Fsp3) is 0.160. The smallest absolute Gasteiger partial charge is 0.407 e. The number of carbonyl (C=O) groups is 1. The molecule has 150 valence electrons. The second-order valence-corrected chi connectivity index (χ2v) is 7.39. The lowest BCUT2D eigenvalue weighted by molar-refractivity contribution is 0.144. The fourth-order valence-electron chi connectivity index (χ4n) is 3.66. The number of carbonyl (C=O) groups excluding carboxylic acids is 1. The van der Waals surface area contributed by atoms with Crippen molar-refractivity contribution in [2.45, 2.75) is 12.8 Å². The van der Waals surface area contributed by atoms with Crippen molar-refractivity contribution in [3.63, 3.8) is 0 Å². The van der Waals surface area contributed by atoms with Crippen LogP contribution in [0.15, 0.2) is 60.7 Å². The highest BCUT2D eigenvalue weighted by Crippen LogP contribution is 2.44. The number of alkyl carbamates (subject to hydrolysis) is 1. The van der Waals surface area contributed by atoms with E-state index >= 15 is 0 Å². The van der Waals surface area contributed by atoms with Gasteiger partial charge in [0.25, 0.3) is 0 Å². The molecule has 0 saturated heterocycles. The van der Waals surface area contributed by atoms with Gasteiger partial charge in [-0.05, 0) is 41.3 Å². The first-order chi connectivity index (χ1) is 14.6. The Kier molecular flexibility index (Phi) is 5.74. The van der Waals surface area contributed by atoms with Crippen LogP contribution >= 0.6 is 11.6 Å². The van der Waals surface area contributed by atoms with Gasteiger partial charge in [-0.3, -0.25) is 0 Å². The van der Waals surface area contributed by atoms with Gasteiger partial charge >= 0.3 is 6.09 Å². The van der Waals surface area contributed by atoms with Crippen molar-refractivity contribution < 1.29 is 13.9 Å². The zero-order valence-electron chi connectivity index (χ0n) is 16.3. The Bertz CT molecular complexity index is 1130. The van der Waals surface area contributed by atoms with Crippen molar-refractivity contribution in [3.05, 3.63) is 93.8 Å². The van der Waals surface area contributed by atoms with Crippen molar-refractivity contribution in [3.8, 4) is 23.0 Å². The van der Waals surface area contributed by atoms with Crippen molar-refractivity contribution in [2.24, 2.45) is 0 Å². The van der Waals surface area contributed by atoms with E-state index in [1.54, 1.807) is 6.92 Å². The molecular weight excluding hydrogens is 401 g/mol. The van der Waals surface area contributed by atoms with Crippen molar-refractivity contribution >= 4 is 17.7 Å². The van der Waals surface area contributed by atoms with Crippen molar-refractivity contribution in [1.29, 1.82) is 0 Å². The molecule has 1 N–H and O–H groups in total. The SMILES string of the molecule is Cc1c(F)ccc(C#CCNC(=O)OCC2c3ccccc3-c3ccccc32)c1Cl. The number of nitrogens with one attached hydrogen (secondary N) is 1. The average molecular weight is 420 g/mol. The summed E-state index contributed by atoms with van der Waals surface area (Å²) in [5.41, 5.74) is 5.55. The van der Waals surface area contributed by atoms with Crippen LogP contribution in [0.4, 0.5) is 9.18 Å². The maximum absolute atomic E-state index is 13.4. The molecule has 0 fully saturated rings. The topological polar surface area (TPSA) is 38.3 Å². The molecule has 0 atom stereocenters. The molecule has 0 aromatic heterocycles. The van der Waals surface area contributed by atoms with Crippen LogP contribution in [-0.4, -0.2) is 19.2 Å². The average Bonchev–Trinajstić information content (AvgIpc) is 3.09. The van der Waals surface area contributed by atoms with Gasteiger partial charge in [-0.2, -0.15) is 0 Å². The molecule has 1 amide bonds. The zero-order chi connectivity index (χ0) is 21.1. The summed E-state index contributed by atoms with van der Waals surface area (Å²) in [6.07, 6.45) is -0.535. The molecule has 3 aromatic carbocycles. The van der Waals surface area contributed by atoms with Gasteiger partial charge in [0.05, 0.1) is 11.6 Å². The number of benzene rings is 3. The predicted octanol–water partition coefficient (Wildman–Crippen LogP) is 5.68. The van der Waals surface area contributed by atoms with E-state index in [1.807, 2.05) is 24.3 Å². The zero-order valence-corrected chi connectivity index (χ0v) is 17.1. The van der Waals surface area contributed by atoms with Crippen LogP contribution in [0.5, 0.6) is 0 Å². The number of rotatable bonds is 3. The van der Waals surface area contributed by atoms with Crippen molar-refractivity contribution in [2.75, 3.05) is 13.2 Å². The van der Waals surface area contributed by atoms with E-state index in [9.17, 15) is 9.18 Å². The number of hydrogen-bond donors (Lipinski definition) is 1. The first-order valence-electron chi connectivity index (χ1n) is 9.58. The third kappa shape index (κ3) is 3.90. The van der Waals surface area contributed by atoms with Gasteiger partial charge in [-0.25, -0.2) is 9.18 Å². The second kappa shape index (κ2) is 8.61. The van der Waals surface area contributed by atoms with Crippen LogP contribution in [0, 0.1) is 24.6 Å². The summed E-state index contributed by atoms with van der Waals surface area (Å²) in [5.74, 6) is 5.29. The molecule has 3 nitrogen and oxygen atoms in total. The molecule has 30 heavy (non-hydrogen) atoms. The number of halogens is 2. The highest BCUT2D eigenvalue weighted by atomic mass is 35.5. The molecule has 0 radical (unpaired) electrons. The molecule has 3 aromatic rings. The quantitative estimate of drug-likeness (QED) is 0.555. The van der Waals surface area contributed by atoms with Gasteiger partial charge in [0.1, 0.15) is 12.4 Å². The molecule has 4 rings (SSSR count). The maximum Gasteiger partial charge on any atom is 0.407 e. The van der Waals surface area contributed by atoms with E-state index in [0.717, 1.165) is 11.1 Å². The summed E-state index contributed by atoms with van der Waals surface area (Å²) in [7, 11) is 0. The Morgan fingerprint density at radius 3 is 2.37 bits per heavy atom. The lowest BCUT2D eigenvalue weighted by Gasteiger charge is -2.14. The molecule has 0 unspecified atom stereocenters. The van der Waals surface area contributed by atoms with Crippen LogP contribution in [0.3, 0.4) is 0 Å². The lowest BCUT2D eigenvalue weighted by atomic mass is 9.98. The highest BCUT2D eigenvalue weighted by Gasteiger charge is 2.28. The highest BCUT2D eigenvalue weighted by molar-refractivity contribution is 6.32. The summed E-state index contributed by atoms with van der Waals surface area (Å²) in [6, 6.07) is 19.2. The van der Waals surface area contributed by atoms with Crippen LogP contribution in [0.2, 0.25) is 5.02 Å². The summed E-state index contributed by atoms with van der Waals surface area (Å²) in [5, 5.41) is 2.90.